The highest BCUT2D eigenvalue weighted by molar-refractivity contribution is 5.74. The second-order valence-corrected chi connectivity index (χ2v) is 3.42. The molecule has 0 saturated carbocycles. The zero-order valence-corrected chi connectivity index (χ0v) is 8.45. The van der Waals surface area contributed by atoms with Gasteiger partial charge in [0, 0.05) is 6.20 Å². The van der Waals surface area contributed by atoms with E-state index in [0.717, 1.165) is 18.4 Å². The summed E-state index contributed by atoms with van der Waals surface area (Å²) in [7, 11) is 0. The molecule has 0 amide bonds. The van der Waals surface area contributed by atoms with E-state index in [-0.39, 0.29) is 11.5 Å². The zero-order chi connectivity index (χ0) is 10.8. The molecule has 78 valence electrons. The number of nitrogens with two attached hydrogens (primary N) is 1. The van der Waals surface area contributed by atoms with Gasteiger partial charge in [-0.3, -0.25) is 9.78 Å². The molecule has 15 heavy (non-hydrogen) atoms. The minimum Gasteiger partial charge on any atom is -0.369 e. The van der Waals surface area contributed by atoms with Crippen LogP contribution in [-0.2, 0) is 6.42 Å². The van der Waals surface area contributed by atoms with Crippen molar-refractivity contribution in [3.05, 3.63) is 28.2 Å². The van der Waals surface area contributed by atoms with Crippen molar-refractivity contribution in [3.63, 3.8) is 0 Å². The summed E-state index contributed by atoms with van der Waals surface area (Å²) in [5.74, 6) is 0.100. The Balaban J connectivity index is 2.66. The van der Waals surface area contributed by atoms with Crippen LogP contribution in [0.2, 0.25) is 0 Å². The lowest BCUT2D eigenvalue weighted by atomic mass is 10.1. The highest BCUT2D eigenvalue weighted by atomic mass is 16.1. The van der Waals surface area contributed by atoms with Gasteiger partial charge < -0.3 is 5.73 Å². The van der Waals surface area contributed by atoms with Gasteiger partial charge >= 0.3 is 0 Å². The van der Waals surface area contributed by atoms with Crippen LogP contribution in [0.15, 0.2) is 17.1 Å². The molecule has 2 aromatic heterocycles. The zero-order valence-electron chi connectivity index (χ0n) is 8.45. The molecule has 3 N–H and O–H groups in total. The summed E-state index contributed by atoms with van der Waals surface area (Å²) in [5, 5.41) is 0.496. The van der Waals surface area contributed by atoms with Crippen molar-refractivity contribution in [3.8, 4) is 0 Å². The molecule has 2 rings (SSSR count). The smallest absolute Gasteiger partial charge is 0.261 e. The lowest BCUT2D eigenvalue weighted by molar-refractivity contribution is 0.916. The summed E-state index contributed by atoms with van der Waals surface area (Å²) in [4.78, 5) is 22.1. The minimum absolute atomic E-state index is 0.100. The standard InChI is InChI=1S/C10H12N4O/c1-2-3-6-4-7-8(12-5-6)13-10(11)14-9(7)15/h4-5H,2-3H2,1H3,(H3,11,12,13,14,15). The molecule has 0 saturated heterocycles. The van der Waals surface area contributed by atoms with E-state index in [1.807, 2.05) is 6.07 Å². The van der Waals surface area contributed by atoms with Crippen molar-refractivity contribution >= 4 is 17.0 Å². The summed E-state index contributed by atoms with van der Waals surface area (Å²) in [6.07, 6.45) is 3.66. The van der Waals surface area contributed by atoms with Crippen LogP contribution >= 0.6 is 0 Å². The number of aromatic amines is 1. The van der Waals surface area contributed by atoms with Gasteiger partial charge in [-0.15, -0.1) is 0 Å². The van der Waals surface area contributed by atoms with Gasteiger partial charge in [0.15, 0.2) is 5.65 Å². The number of pyridine rings is 1. The number of fused-ring (bicyclic) bond motifs is 1. The lowest BCUT2D eigenvalue weighted by Crippen LogP contribution is -2.12. The summed E-state index contributed by atoms with van der Waals surface area (Å²) in [6, 6.07) is 1.82. The molecule has 0 aromatic carbocycles. The van der Waals surface area contributed by atoms with Crippen molar-refractivity contribution in [2.75, 3.05) is 5.73 Å². The van der Waals surface area contributed by atoms with E-state index in [2.05, 4.69) is 21.9 Å². The van der Waals surface area contributed by atoms with Gasteiger partial charge in [0.2, 0.25) is 5.95 Å². The number of aromatic nitrogens is 3. The molecule has 0 bridgehead atoms. The Hall–Kier alpha value is -1.91. The molecule has 0 unspecified atom stereocenters. The van der Waals surface area contributed by atoms with Crippen molar-refractivity contribution in [2.24, 2.45) is 0 Å². The van der Waals surface area contributed by atoms with Crippen LogP contribution in [0.25, 0.3) is 11.0 Å². The van der Waals surface area contributed by atoms with Crippen LogP contribution in [0.4, 0.5) is 5.95 Å². The van der Waals surface area contributed by atoms with Crippen LogP contribution in [0.3, 0.4) is 0 Å². The highest BCUT2D eigenvalue weighted by Crippen LogP contribution is 2.08. The first kappa shape index (κ1) is 9.64. The molecule has 0 fully saturated rings. The molecule has 2 heterocycles. The van der Waals surface area contributed by atoms with Crippen LogP contribution in [0, 0.1) is 0 Å². The maximum atomic E-state index is 11.5. The average molecular weight is 204 g/mol. The normalized spacial score (nSPS) is 10.7. The fraction of sp³-hybridized carbons (Fsp3) is 0.300. The van der Waals surface area contributed by atoms with Crippen LogP contribution in [-0.4, -0.2) is 15.0 Å². The van der Waals surface area contributed by atoms with Gasteiger partial charge in [0.1, 0.15) is 0 Å². The number of hydrogen-bond acceptors (Lipinski definition) is 4. The van der Waals surface area contributed by atoms with E-state index in [1.165, 1.54) is 0 Å². The van der Waals surface area contributed by atoms with Gasteiger partial charge in [0.05, 0.1) is 5.39 Å². The summed E-state index contributed by atoms with van der Waals surface area (Å²) in [6.45, 7) is 2.08. The number of rotatable bonds is 2. The number of aryl methyl sites for hydroxylation is 1. The number of H-pyrrole nitrogens is 1. The van der Waals surface area contributed by atoms with Crippen LogP contribution in [0.5, 0.6) is 0 Å². The molecule has 2 aromatic rings. The van der Waals surface area contributed by atoms with Crippen molar-refractivity contribution < 1.29 is 0 Å². The predicted molar refractivity (Wildman–Crippen MR) is 58.6 cm³/mol. The molecule has 0 spiro atoms. The lowest BCUT2D eigenvalue weighted by Gasteiger charge is -2.00. The third kappa shape index (κ3) is 1.81. The number of hydrogen-bond donors (Lipinski definition) is 2. The Labute approximate surface area is 86.4 Å². The molecule has 5 nitrogen and oxygen atoms in total. The second kappa shape index (κ2) is 3.68. The monoisotopic (exact) mass is 204 g/mol. The van der Waals surface area contributed by atoms with Gasteiger partial charge in [0.25, 0.3) is 5.56 Å². The average Bonchev–Trinajstić information content (AvgIpc) is 2.19. The van der Waals surface area contributed by atoms with E-state index in [9.17, 15) is 4.79 Å². The number of nitrogens with zero attached hydrogens (tertiary/aromatic N) is 2. The first-order chi connectivity index (χ1) is 7.20. The second-order valence-electron chi connectivity index (χ2n) is 3.42. The van der Waals surface area contributed by atoms with Gasteiger partial charge in [-0.25, -0.2) is 4.98 Å². The largest absolute Gasteiger partial charge is 0.369 e. The topological polar surface area (TPSA) is 84.7 Å². The summed E-state index contributed by atoms with van der Waals surface area (Å²) in [5.41, 5.74) is 6.62. The summed E-state index contributed by atoms with van der Waals surface area (Å²) >= 11 is 0. The predicted octanol–water partition coefficient (Wildman–Crippen LogP) is 0.853. The van der Waals surface area contributed by atoms with Gasteiger partial charge in [-0.1, -0.05) is 13.3 Å². The maximum absolute atomic E-state index is 11.5. The molecular formula is C10H12N4O. The summed E-state index contributed by atoms with van der Waals surface area (Å²) < 4.78 is 0. The Morgan fingerprint density at radius 1 is 1.53 bits per heavy atom. The van der Waals surface area contributed by atoms with Crippen molar-refractivity contribution in [2.45, 2.75) is 19.8 Å². The number of nitrogen functional groups attached to an aromatic ring is 1. The van der Waals surface area contributed by atoms with Gasteiger partial charge in [-0.2, -0.15) is 4.98 Å². The van der Waals surface area contributed by atoms with E-state index in [4.69, 9.17) is 5.73 Å². The molecule has 0 aliphatic carbocycles. The van der Waals surface area contributed by atoms with Crippen LogP contribution < -0.4 is 11.3 Å². The third-order valence-electron chi connectivity index (χ3n) is 2.17. The first-order valence-electron chi connectivity index (χ1n) is 4.85. The fourth-order valence-electron chi connectivity index (χ4n) is 1.51. The van der Waals surface area contributed by atoms with Crippen molar-refractivity contribution in [1.29, 1.82) is 0 Å². The minimum atomic E-state index is -0.233. The Morgan fingerprint density at radius 3 is 3.07 bits per heavy atom. The molecule has 0 aliphatic heterocycles. The maximum Gasteiger partial charge on any atom is 0.261 e. The number of nitrogens with one attached hydrogen (secondary N) is 1. The first-order valence-corrected chi connectivity index (χ1v) is 4.85. The molecule has 0 atom stereocenters. The molecule has 0 radical (unpaired) electrons. The van der Waals surface area contributed by atoms with E-state index in [0.29, 0.717) is 11.0 Å². The van der Waals surface area contributed by atoms with Crippen molar-refractivity contribution in [1.82, 2.24) is 15.0 Å². The van der Waals surface area contributed by atoms with E-state index < -0.39 is 0 Å². The Kier molecular flexibility index (Phi) is 2.37. The fourth-order valence-corrected chi connectivity index (χ4v) is 1.51. The highest BCUT2D eigenvalue weighted by Gasteiger charge is 2.03. The molecular weight excluding hydrogens is 192 g/mol. The van der Waals surface area contributed by atoms with E-state index in [1.54, 1.807) is 6.20 Å². The van der Waals surface area contributed by atoms with Gasteiger partial charge in [-0.05, 0) is 18.1 Å². The van der Waals surface area contributed by atoms with Crippen LogP contribution in [0.1, 0.15) is 18.9 Å². The third-order valence-corrected chi connectivity index (χ3v) is 2.17. The molecule has 5 heteroatoms. The molecule has 0 aliphatic rings. The van der Waals surface area contributed by atoms with E-state index >= 15 is 0 Å². The quantitative estimate of drug-likeness (QED) is 0.759. The Bertz CT molecular complexity index is 547. The number of anilines is 1. The Morgan fingerprint density at radius 2 is 2.33 bits per heavy atom. The SMILES string of the molecule is CCCc1cnc2nc(N)[nH]c(=O)c2c1.